The van der Waals surface area contributed by atoms with Crippen molar-refractivity contribution in [3.8, 4) is 5.75 Å². The average Bonchev–Trinajstić information content (AvgIpc) is 2.69. The van der Waals surface area contributed by atoms with E-state index in [0.29, 0.717) is 18.1 Å². The molecule has 1 aliphatic carbocycles. The first-order valence-electron chi connectivity index (χ1n) is 8.87. The molecule has 2 atom stereocenters. The number of allylic oxidation sites excluding steroid dienone is 4. The first kappa shape index (κ1) is 17.9. The Hall–Kier alpha value is -2.88. The molecule has 134 valence electrons. The van der Waals surface area contributed by atoms with Gasteiger partial charge in [-0.25, -0.2) is 0 Å². The minimum atomic E-state index is -0.146. The summed E-state index contributed by atoms with van der Waals surface area (Å²) in [7, 11) is 1.61. The Morgan fingerprint density at radius 3 is 2.65 bits per heavy atom. The molecule has 0 radical (unpaired) electrons. The molecule has 1 aliphatic rings. The second-order valence-corrected chi connectivity index (χ2v) is 6.49. The number of carbonyl (C=O) groups excluding carboxylic acids is 1. The Morgan fingerprint density at radius 2 is 2.04 bits per heavy atom. The zero-order valence-corrected chi connectivity index (χ0v) is 15.2. The van der Waals surface area contributed by atoms with Crippen LogP contribution < -0.4 is 10.1 Å². The van der Waals surface area contributed by atoms with Gasteiger partial charge in [0, 0.05) is 5.92 Å². The molecule has 3 rings (SSSR count). The molecule has 0 saturated carbocycles. The third-order valence-corrected chi connectivity index (χ3v) is 4.57. The predicted molar refractivity (Wildman–Crippen MR) is 103 cm³/mol. The molecular formula is C22H24N2O2. The summed E-state index contributed by atoms with van der Waals surface area (Å²) in [6.07, 6.45) is 11.6. The van der Waals surface area contributed by atoms with Crippen LogP contribution in [-0.4, -0.2) is 18.0 Å². The van der Waals surface area contributed by atoms with Crippen molar-refractivity contribution in [1.29, 1.82) is 0 Å². The van der Waals surface area contributed by atoms with Crippen LogP contribution in [0.1, 0.15) is 42.1 Å². The van der Waals surface area contributed by atoms with Gasteiger partial charge in [-0.3, -0.25) is 9.78 Å². The number of hydrogen-bond acceptors (Lipinski definition) is 3. The van der Waals surface area contributed by atoms with Crippen molar-refractivity contribution in [3.63, 3.8) is 0 Å². The number of ether oxygens (including phenoxy) is 1. The number of amides is 1. The molecule has 26 heavy (non-hydrogen) atoms. The molecule has 0 fully saturated rings. The van der Waals surface area contributed by atoms with Gasteiger partial charge in [0.15, 0.2) is 0 Å². The molecule has 0 aliphatic heterocycles. The monoisotopic (exact) mass is 348 g/mol. The smallest absolute Gasteiger partial charge is 0.224 e. The fourth-order valence-corrected chi connectivity index (χ4v) is 3.03. The second-order valence-electron chi connectivity index (χ2n) is 6.49. The number of aromatic nitrogens is 1. The standard InChI is InChI=1S/C22H24N2O2/c1-16(21-13-12-20(26-2)15-23-21)24-22(25)14-17-8-10-19(11-9-17)18-6-4-3-5-7-18/h3-6,8-13,15-16,18H,7,14H2,1-2H3,(H,24,25)/t16-,18?/m1/s1. The Labute approximate surface area is 154 Å². The van der Waals surface area contributed by atoms with E-state index in [2.05, 4.69) is 46.7 Å². The van der Waals surface area contributed by atoms with Crippen molar-refractivity contribution in [2.24, 2.45) is 0 Å². The van der Waals surface area contributed by atoms with Crippen LogP contribution in [0.5, 0.6) is 5.75 Å². The number of rotatable bonds is 6. The molecular weight excluding hydrogens is 324 g/mol. The third kappa shape index (κ3) is 4.60. The molecule has 1 amide bonds. The lowest BCUT2D eigenvalue weighted by Gasteiger charge is -2.15. The highest BCUT2D eigenvalue weighted by atomic mass is 16.5. The van der Waals surface area contributed by atoms with E-state index in [1.165, 1.54) is 5.56 Å². The predicted octanol–water partition coefficient (Wildman–Crippen LogP) is 4.11. The topological polar surface area (TPSA) is 51.2 Å². The summed E-state index contributed by atoms with van der Waals surface area (Å²) < 4.78 is 5.10. The van der Waals surface area contributed by atoms with Crippen molar-refractivity contribution in [2.75, 3.05) is 7.11 Å². The summed E-state index contributed by atoms with van der Waals surface area (Å²) in [5.74, 6) is 1.13. The summed E-state index contributed by atoms with van der Waals surface area (Å²) in [5, 5.41) is 3.00. The maximum absolute atomic E-state index is 12.3. The average molecular weight is 348 g/mol. The minimum absolute atomic E-state index is 0.0108. The van der Waals surface area contributed by atoms with Gasteiger partial charge in [0.25, 0.3) is 0 Å². The number of carbonyl (C=O) groups is 1. The highest BCUT2D eigenvalue weighted by Crippen LogP contribution is 2.24. The number of benzene rings is 1. The Bertz CT molecular complexity index is 792. The first-order valence-corrected chi connectivity index (χ1v) is 8.87. The van der Waals surface area contributed by atoms with Crippen LogP contribution in [0.4, 0.5) is 0 Å². The summed E-state index contributed by atoms with van der Waals surface area (Å²) >= 11 is 0. The molecule has 1 aromatic carbocycles. The van der Waals surface area contributed by atoms with Crippen molar-refractivity contribution < 1.29 is 9.53 Å². The zero-order chi connectivity index (χ0) is 18.4. The Balaban J connectivity index is 1.55. The number of nitrogens with zero attached hydrogens (tertiary/aromatic N) is 1. The lowest BCUT2D eigenvalue weighted by Crippen LogP contribution is -2.28. The van der Waals surface area contributed by atoms with E-state index in [0.717, 1.165) is 17.7 Å². The van der Waals surface area contributed by atoms with Gasteiger partial charge in [-0.2, -0.15) is 0 Å². The Kier molecular flexibility index (Phi) is 5.84. The van der Waals surface area contributed by atoms with E-state index in [4.69, 9.17) is 4.74 Å². The van der Waals surface area contributed by atoms with Gasteiger partial charge in [-0.15, -0.1) is 0 Å². The first-order chi connectivity index (χ1) is 12.7. The summed E-state index contributed by atoms with van der Waals surface area (Å²) in [5.41, 5.74) is 3.11. The molecule has 2 aromatic rings. The molecule has 4 heteroatoms. The Morgan fingerprint density at radius 1 is 1.23 bits per heavy atom. The number of methoxy groups -OCH3 is 1. The molecule has 1 N–H and O–H groups in total. The van der Waals surface area contributed by atoms with E-state index >= 15 is 0 Å². The normalized spacial score (nSPS) is 16.9. The van der Waals surface area contributed by atoms with E-state index < -0.39 is 0 Å². The summed E-state index contributed by atoms with van der Waals surface area (Å²) in [4.78, 5) is 16.6. The fraction of sp³-hybridized carbons (Fsp3) is 0.273. The van der Waals surface area contributed by atoms with E-state index in [1.54, 1.807) is 13.3 Å². The van der Waals surface area contributed by atoms with Crippen molar-refractivity contribution >= 4 is 5.91 Å². The van der Waals surface area contributed by atoms with Gasteiger partial charge in [0.05, 0.1) is 31.5 Å². The molecule has 0 spiro atoms. The lowest BCUT2D eigenvalue weighted by atomic mass is 9.92. The van der Waals surface area contributed by atoms with Crippen LogP contribution in [0.3, 0.4) is 0 Å². The molecule has 0 saturated heterocycles. The van der Waals surface area contributed by atoms with Crippen LogP contribution >= 0.6 is 0 Å². The molecule has 1 aromatic heterocycles. The van der Waals surface area contributed by atoms with Crippen LogP contribution in [0, 0.1) is 0 Å². The summed E-state index contributed by atoms with van der Waals surface area (Å²) in [6, 6.07) is 11.9. The minimum Gasteiger partial charge on any atom is -0.495 e. The third-order valence-electron chi connectivity index (χ3n) is 4.57. The molecule has 1 unspecified atom stereocenters. The highest BCUT2D eigenvalue weighted by Gasteiger charge is 2.12. The van der Waals surface area contributed by atoms with E-state index in [1.807, 2.05) is 31.2 Å². The highest BCUT2D eigenvalue weighted by molar-refractivity contribution is 5.79. The van der Waals surface area contributed by atoms with Crippen molar-refractivity contribution in [3.05, 3.63) is 83.7 Å². The quantitative estimate of drug-likeness (QED) is 0.855. The van der Waals surface area contributed by atoms with E-state index in [-0.39, 0.29) is 11.9 Å². The van der Waals surface area contributed by atoms with Gasteiger partial charge < -0.3 is 10.1 Å². The van der Waals surface area contributed by atoms with Crippen molar-refractivity contribution in [1.82, 2.24) is 10.3 Å². The van der Waals surface area contributed by atoms with Gasteiger partial charge in [-0.05, 0) is 36.6 Å². The van der Waals surface area contributed by atoms with Crippen LogP contribution in [0.15, 0.2) is 66.9 Å². The molecule has 1 heterocycles. The number of hydrogen-bond donors (Lipinski definition) is 1. The van der Waals surface area contributed by atoms with Crippen LogP contribution in [0.2, 0.25) is 0 Å². The maximum atomic E-state index is 12.3. The molecule has 4 nitrogen and oxygen atoms in total. The van der Waals surface area contributed by atoms with Gasteiger partial charge in [0.2, 0.25) is 5.91 Å². The zero-order valence-electron chi connectivity index (χ0n) is 15.2. The fourth-order valence-electron chi connectivity index (χ4n) is 3.03. The molecule has 0 bridgehead atoms. The van der Waals surface area contributed by atoms with E-state index in [9.17, 15) is 4.79 Å². The van der Waals surface area contributed by atoms with Gasteiger partial charge >= 0.3 is 0 Å². The SMILES string of the molecule is COc1ccc([C@@H](C)NC(=O)Cc2ccc(C3C=CC=CC3)cc2)nc1. The van der Waals surface area contributed by atoms with Crippen molar-refractivity contribution in [2.45, 2.75) is 31.7 Å². The lowest BCUT2D eigenvalue weighted by molar-refractivity contribution is -0.121. The second kappa shape index (κ2) is 8.48. The van der Waals surface area contributed by atoms with Gasteiger partial charge in [-0.1, -0.05) is 48.6 Å². The maximum Gasteiger partial charge on any atom is 0.224 e. The number of nitrogens with one attached hydrogen (secondary N) is 1. The largest absolute Gasteiger partial charge is 0.495 e. The number of pyridine rings is 1. The van der Waals surface area contributed by atoms with Crippen LogP contribution in [0.25, 0.3) is 0 Å². The van der Waals surface area contributed by atoms with Crippen LogP contribution in [-0.2, 0) is 11.2 Å². The van der Waals surface area contributed by atoms with Gasteiger partial charge in [0.1, 0.15) is 5.75 Å². The summed E-state index contributed by atoms with van der Waals surface area (Å²) in [6.45, 7) is 1.93.